The van der Waals surface area contributed by atoms with Crippen LogP contribution in [0.5, 0.6) is 11.5 Å². The number of aliphatic hydroxyl groups is 1. The summed E-state index contributed by atoms with van der Waals surface area (Å²) in [4.78, 5) is 14.7. The number of aromatic hydroxyl groups is 1. The largest absolute Gasteiger partial charge is 0.504 e. The molecule has 3 unspecified atom stereocenters. The third-order valence-electron chi connectivity index (χ3n) is 8.23. The minimum absolute atomic E-state index is 0.0000277. The first kappa shape index (κ1) is 18.7. The van der Waals surface area contributed by atoms with E-state index in [9.17, 15) is 15.0 Å². The fraction of sp³-hybridized carbons (Fsp3) is 0.682. The minimum atomic E-state index is -0.887. The summed E-state index contributed by atoms with van der Waals surface area (Å²) in [5.41, 5.74) is 0.764. The molecule has 29 heavy (non-hydrogen) atoms. The summed E-state index contributed by atoms with van der Waals surface area (Å²) < 4.78 is 6.82. The molecule has 5 aliphatic rings. The van der Waals surface area contributed by atoms with Gasteiger partial charge in [-0.1, -0.05) is 28.7 Å². The number of carbonyl (C=O) groups is 1. The van der Waals surface area contributed by atoms with E-state index in [0.29, 0.717) is 23.0 Å². The summed E-state index contributed by atoms with van der Waals surface area (Å²) in [7, 11) is 0. The lowest BCUT2D eigenvalue weighted by Crippen LogP contribution is -2.78. The van der Waals surface area contributed by atoms with Crippen LogP contribution in [0.4, 0.5) is 0 Å². The molecule has 1 spiro atoms. The van der Waals surface area contributed by atoms with Crippen LogP contribution >= 0.6 is 22.6 Å². The van der Waals surface area contributed by atoms with Crippen LogP contribution in [0.1, 0.15) is 43.2 Å². The van der Waals surface area contributed by atoms with Crippen LogP contribution < -0.4 is 10.1 Å². The summed E-state index contributed by atoms with van der Waals surface area (Å²) >= 11 is 2.08. The summed E-state index contributed by atoms with van der Waals surface area (Å²) in [5.74, 6) is 1.46. The van der Waals surface area contributed by atoms with Crippen molar-refractivity contribution in [1.82, 2.24) is 10.2 Å². The van der Waals surface area contributed by atoms with Gasteiger partial charge in [-0.05, 0) is 62.6 Å². The third kappa shape index (κ3) is 2.38. The SMILES string of the molecule is O=C(CI)N[C@H]1CCC2(O)C3Cc4ccc(O)c5c4C2(CCN3CC2CC2)[C@H]1O5. The zero-order valence-electron chi connectivity index (χ0n) is 16.4. The van der Waals surface area contributed by atoms with Crippen molar-refractivity contribution in [1.29, 1.82) is 0 Å². The number of benzene rings is 1. The Balaban J connectivity index is 1.49. The molecule has 0 radical (unpaired) electrons. The van der Waals surface area contributed by atoms with Crippen molar-refractivity contribution < 1.29 is 19.7 Å². The molecule has 2 heterocycles. The highest BCUT2D eigenvalue weighted by Gasteiger charge is 2.73. The van der Waals surface area contributed by atoms with Crippen LogP contribution in [0.3, 0.4) is 0 Å². The number of hydrogen-bond acceptors (Lipinski definition) is 5. The predicted molar refractivity (Wildman–Crippen MR) is 116 cm³/mol. The molecular formula is C22H27IN2O4. The van der Waals surface area contributed by atoms with Crippen molar-refractivity contribution in [3.63, 3.8) is 0 Å². The van der Waals surface area contributed by atoms with E-state index < -0.39 is 11.0 Å². The number of amides is 1. The molecule has 2 aliphatic heterocycles. The molecule has 3 aliphatic carbocycles. The fourth-order valence-corrected chi connectivity index (χ4v) is 7.09. The molecule has 1 aromatic carbocycles. The lowest BCUT2D eigenvalue weighted by atomic mass is 9.48. The van der Waals surface area contributed by atoms with Crippen LogP contribution in [-0.2, 0) is 16.6 Å². The summed E-state index contributed by atoms with van der Waals surface area (Å²) in [6.45, 7) is 2.01. The van der Waals surface area contributed by atoms with Crippen molar-refractivity contribution in [3.8, 4) is 11.5 Å². The van der Waals surface area contributed by atoms with E-state index >= 15 is 0 Å². The Kier molecular flexibility index (Phi) is 4.02. The van der Waals surface area contributed by atoms with E-state index in [0.717, 1.165) is 37.4 Å². The topological polar surface area (TPSA) is 82.0 Å². The highest BCUT2D eigenvalue weighted by Crippen LogP contribution is 2.65. The number of phenolic OH excluding ortho intramolecular Hbond substituents is 1. The lowest BCUT2D eigenvalue weighted by Gasteiger charge is -2.64. The van der Waals surface area contributed by atoms with Crippen molar-refractivity contribution in [2.75, 3.05) is 17.5 Å². The Morgan fingerprint density at radius 2 is 2.14 bits per heavy atom. The number of phenols is 1. The van der Waals surface area contributed by atoms with E-state index in [4.69, 9.17) is 4.74 Å². The van der Waals surface area contributed by atoms with E-state index in [-0.39, 0.29) is 29.8 Å². The van der Waals surface area contributed by atoms with Crippen molar-refractivity contribution >= 4 is 28.5 Å². The second-order valence-electron chi connectivity index (χ2n) is 9.64. The number of likely N-dealkylation sites (tertiary alicyclic amines) is 1. The van der Waals surface area contributed by atoms with Gasteiger partial charge in [0.2, 0.25) is 5.91 Å². The maximum Gasteiger partial charge on any atom is 0.230 e. The predicted octanol–water partition coefficient (Wildman–Crippen LogP) is 1.88. The van der Waals surface area contributed by atoms with Crippen molar-refractivity contribution in [2.24, 2.45) is 5.92 Å². The highest BCUT2D eigenvalue weighted by atomic mass is 127. The van der Waals surface area contributed by atoms with E-state index in [1.807, 2.05) is 6.07 Å². The van der Waals surface area contributed by atoms with Gasteiger partial charge in [0.05, 0.1) is 21.5 Å². The molecule has 3 N–H and O–H groups in total. The van der Waals surface area contributed by atoms with Gasteiger partial charge in [0.1, 0.15) is 6.10 Å². The second kappa shape index (κ2) is 6.23. The number of halogens is 1. The molecule has 6 rings (SSSR count). The molecule has 1 saturated heterocycles. The maximum atomic E-state index is 12.3. The molecule has 156 valence electrons. The van der Waals surface area contributed by atoms with Gasteiger partial charge < -0.3 is 20.3 Å². The molecule has 3 fully saturated rings. The normalized spacial score (nSPS) is 39.6. The Morgan fingerprint density at radius 3 is 2.90 bits per heavy atom. The molecular weight excluding hydrogens is 483 g/mol. The lowest BCUT2D eigenvalue weighted by molar-refractivity contribution is -0.192. The van der Waals surface area contributed by atoms with Gasteiger partial charge >= 0.3 is 0 Å². The number of nitrogens with zero attached hydrogens (tertiary/aromatic N) is 1. The summed E-state index contributed by atoms with van der Waals surface area (Å²) in [6.07, 6.45) is 5.23. The van der Waals surface area contributed by atoms with Gasteiger partial charge in [-0.3, -0.25) is 9.69 Å². The van der Waals surface area contributed by atoms with Crippen LogP contribution in [0.25, 0.3) is 0 Å². The highest BCUT2D eigenvalue weighted by molar-refractivity contribution is 14.1. The van der Waals surface area contributed by atoms with Gasteiger partial charge in [-0.25, -0.2) is 0 Å². The molecule has 7 heteroatoms. The third-order valence-corrected chi connectivity index (χ3v) is 8.92. The first-order valence-corrected chi connectivity index (χ1v) is 12.3. The Labute approximate surface area is 184 Å². The number of piperidine rings is 1. The molecule has 1 aromatic rings. The van der Waals surface area contributed by atoms with Crippen LogP contribution in [-0.4, -0.2) is 62.3 Å². The van der Waals surface area contributed by atoms with E-state index in [1.54, 1.807) is 6.07 Å². The average molecular weight is 510 g/mol. The quantitative estimate of drug-likeness (QED) is 0.426. The first-order valence-electron chi connectivity index (χ1n) is 10.8. The Morgan fingerprint density at radius 1 is 1.31 bits per heavy atom. The standard InChI is InChI=1S/C22H27IN2O4/c23-10-17(27)24-14-5-6-22(28)16-9-13-3-4-15(26)19-18(13)21(22,20(14)29-19)7-8-25(16)11-12-1-2-12/h3-4,12,14,16,20,26,28H,1-2,5-11H2,(H,24,27)/t14-,16?,20-,21?,22?/m0/s1. The van der Waals surface area contributed by atoms with Gasteiger partial charge in [-0.2, -0.15) is 0 Å². The fourth-order valence-electron chi connectivity index (χ4n) is 6.87. The number of rotatable bonds is 4. The van der Waals surface area contributed by atoms with Crippen LogP contribution in [0.15, 0.2) is 12.1 Å². The van der Waals surface area contributed by atoms with Crippen LogP contribution in [0.2, 0.25) is 0 Å². The minimum Gasteiger partial charge on any atom is -0.504 e. The first-order chi connectivity index (χ1) is 14.0. The number of nitrogens with one attached hydrogen (secondary N) is 1. The van der Waals surface area contributed by atoms with Crippen molar-refractivity contribution in [3.05, 3.63) is 23.3 Å². The zero-order valence-corrected chi connectivity index (χ0v) is 18.5. The Bertz CT molecular complexity index is 890. The average Bonchev–Trinajstić information content (AvgIpc) is 3.44. The summed E-state index contributed by atoms with van der Waals surface area (Å²) in [6, 6.07) is 3.67. The molecule has 5 atom stereocenters. The summed E-state index contributed by atoms with van der Waals surface area (Å²) in [5, 5.41) is 26.0. The smallest absolute Gasteiger partial charge is 0.230 e. The molecule has 1 amide bonds. The van der Waals surface area contributed by atoms with Gasteiger partial charge in [0, 0.05) is 18.2 Å². The molecule has 6 nitrogen and oxygen atoms in total. The van der Waals surface area contributed by atoms with Crippen LogP contribution in [0, 0.1) is 5.92 Å². The molecule has 2 saturated carbocycles. The monoisotopic (exact) mass is 510 g/mol. The number of hydrogen-bond donors (Lipinski definition) is 3. The van der Waals surface area contributed by atoms with Gasteiger partial charge in [0.25, 0.3) is 0 Å². The number of alkyl halides is 1. The van der Waals surface area contributed by atoms with E-state index in [2.05, 4.69) is 32.8 Å². The van der Waals surface area contributed by atoms with Gasteiger partial charge in [-0.15, -0.1) is 0 Å². The second-order valence-corrected chi connectivity index (χ2v) is 10.4. The van der Waals surface area contributed by atoms with Crippen molar-refractivity contribution in [2.45, 2.75) is 67.7 Å². The van der Waals surface area contributed by atoms with E-state index in [1.165, 1.54) is 18.4 Å². The molecule has 2 bridgehead atoms. The number of carbonyl (C=O) groups excluding carboxylic acids is 1. The maximum absolute atomic E-state index is 12.3. The Hall–Kier alpha value is -1.06. The molecule has 0 aromatic heterocycles. The van der Waals surface area contributed by atoms with Gasteiger partial charge in [0.15, 0.2) is 11.5 Å². The number of ether oxygens (including phenoxy) is 1. The zero-order chi connectivity index (χ0) is 20.0.